The zero-order valence-electron chi connectivity index (χ0n) is 48.8. The number of hydrogen-bond acceptors (Lipinski definition) is 6. The van der Waals surface area contributed by atoms with Crippen molar-refractivity contribution in [3.05, 3.63) is 85.1 Å². The maximum Gasteiger partial charge on any atom is 0.472 e. The average Bonchev–Trinajstić information content (AvgIpc) is 3.36. The molecule has 3 atom stereocenters. The van der Waals surface area contributed by atoms with Crippen LogP contribution in [0.15, 0.2) is 85.1 Å². The summed E-state index contributed by atoms with van der Waals surface area (Å²) >= 11 is 0. The Morgan fingerprint density at radius 3 is 1.31 bits per heavy atom. The van der Waals surface area contributed by atoms with E-state index in [2.05, 4.69) is 38.2 Å². The first-order valence-electron chi connectivity index (χ1n) is 30.5. The fourth-order valence-corrected chi connectivity index (χ4v) is 9.30. The molecule has 0 saturated heterocycles. The fraction of sp³-hybridized carbons (Fsp3) is 0.750. The summed E-state index contributed by atoms with van der Waals surface area (Å²) in [6.45, 7) is 6.84. The Hall–Kier alpha value is -2.81. The van der Waals surface area contributed by atoms with Crippen LogP contribution in [0.2, 0.25) is 0 Å². The van der Waals surface area contributed by atoms with E-state index in [9.17, 15) is 19.0 Å². The smallest absolute Gasteiger partial charge is 0.456 e. The Balaban J connectivity index is 5.34. The molecule has 0 aromatic rings. The first kappa shape index (κ1) is 71.2. The van der Waals surface area contributed by atoms with Crippen LogP contribution in [0.5, 0.6) is 0 Å². The lowest BCUT2D eigenvalue weighted by Gasteiger charge is -2.27. The number of carbonyl (C=O) groups excluding carboxylic acids is 2. The zero-order chi connectivity index (χ0) is 54.3. The molecule has 0 fully saturated rings. The number of hydrogen-bond donors (Lipinski definition) is 2. The van der Waals surface area contributed by atoms with Crippen molar-refractivity contribution < 1.29 is 37.3 Å². The number of likely N-dealkylation sites (N-methyl/N-ethyl adjacent to an activating group) is 1. The van der Waals surface area contributed by atoms with Crippen LogP contribution in [-0.2, 0) is 27.9 Å². The predicted octanol–water partition coefficient (Wildman–Crippen LogP) is 18.6. The van der Waals surface area contributed by atoms with Crippen LogP contribution >= 0.6 is 7.82 Å². The minimum atomic E-state index is -4.46. The summed E-state index contributed by atoms with van der Waals surface area (Å²) < 4.78 is 30.6. The predicted molar refractivity (Wildman–Crippen MR) is 318 cm³/mol. The number of unbranched alkanes of at least 4 members (excludes halogenated alkanes) is 31. The molecule has 0 saturated carbocycles. The molecule has 0 heterocycles. The van der Waals surface area contributed by atoms with Gasteiger partial charge in [-0.05, 0) is 51.0 Å². The van der Waals surface area contributed by atoms with Gasteiger partial charge in [0.2, 0.25) is 5.91 Å². The number of rotatable bonds is 54. The van der Waals surface area contributed by atoms with Gasteiger partial charge in [0.15, 0.2) is 0 Å². The minimum Gasteiger partial charge on any atom is -0.456 e. The summed E-state index contributed by atoms with van der Waals surface area (Å²) in [7, 11) is 1.46. The number of carbonyl (C=O) groups is 2. The van der Waals surface area contributed by atoms with Crippen molar-refractivity contribution in [3.63, 3.8) is 0 Å². The number of amides is 1. The lowest BCUT2D eigenvalue weighted by molar-refractivity contribution is -0.870. The molecule has 1 amide bonds. The highest BCUT2D eigenvalue weighted by atomic mass is 31.2. The molecule has 0 aromatic heterocycles. The van der Waals surface area contributed by atoms with Crippen LogP contribution in [0, 0.1) is 0 Å². The summed E-state index contributed by atoms with van der Waals surface area (Å²) in [6.07, 6.45) is 70.1. The molecular weight excluding hydrogens is 940 g/mol. The lowest BCUT2D eigenvalue weighted by Crippen LogP contribution is -2.47. The Morgan fingerprint density at radius 2 is 0.865 bits per heavy atom. The molecule has 428 valence electrons. The molecule has 9 nitrogen and oxygen atoms in total. The maximum absolute atomic E-state index is 13.5. The van der Waals surface area contributed by atoms with Crippen LogP contribution in [0.4, 0.5) is 0 Å². The normalized spacial score (nSPS) is 14.3. The Kier molecular flexibility index (Phi) is 51.5. The van der Waals surface area contributed by atoms with E-state index < -0.39 is 20.0 Å². The Labute approximate surface area is 456 Å². The number of ether oxygens (including phenoxy) is 1. The van der Waals surface area contributed by atoms with Gasteiger partial charge in [0.05, 0.1) is 33.8 Å². The second-order valence-electron chi connectivity index (χ2n) is 21.7. The molecule has 0 radical (unpaired) electrons. The van der Waals surface area contributed by atoms with Crippen molar-refractivity contribution in [1.82, 2.24) is 5.32 Å². The lowest BCUT2D eigenvalue weighted by atomic mass is 10.0. The van der Waals surface area contributed by atoms with Crippen LogP contribution in [0.1, 0.15) is 258 Å². The summed E-state index contributed by atoms with van der Waals surface area (Å²) in [6, 6.07) is -0.873. The van der Waals surface area contributed by atoms with E-state index in [4.69, 9.17) is 13.8 Å². The molecule has 0 aliphatic heterocycles. The Morgan fingerprint density at radius 1 is 0.486 bits per heavy atom. The number of phosphoric acid groups is 1. The van der Waals surface area contributed by atoms with Gasteiger partial charge < -0.3 is 19.4 Å². The number of allylic oxidation sites excluding steroid dienone is 13. The molecule has 0 rings (SSSR count). The van der Waals surface area contributed by atoms with E-state index >= 15 is 0 Å². The van der Waals surface area contributed by atoms with Crippen molar-refractivity contribution >= 4 is 19.7 Å². The molecule has 0 spiro atoms. The van der Waals surface area contributed by atoms with E-state index in [0.717, 1.165) is 64.2 Å². The second-order valence-corrected chi connectivity index (χ2v) is 23.1. The van der Waals surface area contributed by atoms with Crippen molar-refractivity contribution in [2.75, 3.05) is 40.9 Å². The highest BCUT2D eigenvalue weighted by molar-refractivity contribution is 7.47. The molecule has 2 N–H and O–H groups in total. The third-order valence-corrected chi connectivity index (χ3v) is 14.2. The monoisotopic (exact) mass is 1060 g/mol. The molecule has 0 bridgehead atoms. The van der Waals surface area contributed by atoms with Gasteiger partial charge in [-0.3, -0.25) is 18.6 Å². The zero-order valence-corrected chi connectivity index (χ0v) is 49.7. The van der Waals surface area contributed by atoms with Gasteiger partial charge in [-0.25, -0.2) is 4.57 Å². The van der Waals surface area contributed by atoms with E-state index in [1.54, 1.807) is 0 Å². The van der Waals surface area contributed by atoms with Crippen molar-refractivity contribution in [3.8, 4) is 0 Å². The summed E-state index contributed by atoms with van der Waals surface area (Å²) in [5.41, 5.74) is 0. The topological polar surface area (TPSA) is 111 Å². The Bertz CT molecular complexity index is 1540. The third-order valence-electron chi connectivity index (χ3n) is 13.3. The van der Waals surface area contributed by atoms with E-state index in [-0.39, 0.29) is 37.9 Å². The van der Waals surface area contributed by atoms with Crippen LogP contribution in [-0.4, -0.2) is 74.3 Å². The highest BCUT2D eigenvalue weighted by Crippen LogP contribution is 2.43. The first-order chi connectivity index (χ1) is 35.9. The summed E-state index contributed by atoms with van der Waals surface area (Å²) in [5.74, 6) is -0.553. The van der Waals surface area contributed by atoms with Gasteiger partial charge in [0.1, 0.15) is 19.3 Å². The first-order valence-corrected chi connectivity index (χ1v) is 32.0. The largest absolute Gasteiger partial charge is 0.472 e. The van der Waals surface area contributed by atoms with Gasteiger partial charge in [-0.2, -0.15) is 0 Å². The molecule has 10 heteroatoms. The second kappa shape index (κ2) is 53.6. The van der Waals surface area contributed by atoms with Gasteiger partial charge in [-0.1, -0.05) is 280 Å². The van der Waals surface area contributed by atoms with Gasteiger partial charge >= 0.3 is 13.8 Å². The highest BCUT2D eigenvalue weighted by Gasteiger charge is 2.30. The number of nitrogens with zero attached hydrogens (tertiary/aromatic N) is 1. The van der Waals surface area contributed by atoms with Crippen LogP contribution in [0.25, 0.3) is 0 Å². The van der Waals surface area contributed by atoms with Crippen molar-refractivity contribution in [2.24, 2.45) is 0 Å². The molecular formula is C64H116N2O7P+. The number of nitrogens with one attached hydrogen (secondary N) is 1. The molecule has 3 unspecified atom stereocenters. The van der Waals surface area contributed by atoms with Gasteiger partial charge in [0.25, 0.3) is 0 Å². The van der Waals surface area contributed by atoms with Gasteiger partial charge in [0, 0.05) is 12.8 Å². The average molecular weight is 1060 g/mol. The van der Waals surface area contributed by atoms with E-state index in [1.165, 1.54) is 154 Å². The van der Waals surface area contributed by atoms with E-state index in [0.29, 0.717) is 17.4 Å². The summed E-state index contributed by atoms with van der Waals surface area (Å²) in [5, 5.41) is 3.03. The summed E-state index contributed by atoms with van der Waals surface area (Å²) in [4.78, 5) is 37.7. The van der Waals surface area contributed by atoms with Crippen molar-refractivity contribution in [2.45, 2.75) is 270 Å². The fourth-order valence-electron chi connectivity index (χ4n) is 8.56. The number of quaternary nitrogens is 1. The SMILES string of the molecule is CC\C=C/C=C/C=C/C=C\C=C\C=C\CCCCCC(=O)NC(COP(=O)(O)OCC[N+](C)(C)C)C(/C=C/CCCCCCCCCCCC)OC(=O)CCCCCCCCCCCCCCCCCCCCC. The van der Waals surface area contributed by atoms with Crippen LogP contribution < -0.4 is 5.32 Å². The van der Waals surface area contributed by atoms with Gasteiger partial charge in [-0.15, -0.1) is 0 Å². The third kappa shape index (κ3) is 54.0. The van der Waals surface area contributed by atoms with Crippen molar-refractivity contribution in [1.29, 1.82) is 0 Å². The minimum absolute atomic E-state index is 0.0284. The maximum atomic E-state index is 13.5. The standard InChI is InChI=1S/C64H115N2O7P/c1-7-10-13-16-19-22-25-28-30-32-33-35-37-39-42-45-48-51-54-57-64(68)73-62(55-52-49-46-43-40-27-24-21-18-15-12-9-3)61(60-72-74(69,70)71-59-58-66(4,5)6)65-63(67)56-53-50-47-44-41-38-36-34-31-29-26-23-20-17-14-11-8-2/h11,14,17,20,23,26,29,31,34,36,38,41,52,55,61-62H,7-10,12-13,15-16,18-19,21-22,24-25,27-28,30,32-33,35,37,39-40,42-51,53-54,56-60H2,1-6H3,(H-,65,67,69,70)/p+1/b14-11-,20-17+,26-23+,31-29-,36-34+,41-38+,55-52+. The van der Waals surface area contributed by atoms with E-state index in [1.807, 2.05) is 94.1 Å². The quantitative estimate of drug-likeness (QED) is 0.0156. The number of phosphoric ester groups is 1. The number of esters is 1. The van der Waals surface area contributed by atoms with Crippen LogP contribution in [0.3, 0.4) is 0 Å². The molecule has 0 aromatic carbocycles. The molecule has 74 heavy (non-hydrogen) atoms. The molecule has 0 aliphatic rings. The molecule has 0 aliphatic carbocycles.